The predicted octanol–water partition coefficient (Wildman–Crippen LogP) is 3.85. The molecule has 1 fully saturated rings. The molecule has 0 bridgehead atoms. The Kier molecular flexibility index (Phi) is 5.71. The summed E-state index contributed by atoms with van der Waals surface area (Å²) < 4.78 is 5.14. The molecule has 0 aromatic heterocycles. The number of amides is 1. The first-order chi connectivity index (χ1) is 12.1. The molecule has 0 saturated carbocycles. The molecule has 2 aromatic carbocycles. The molecular weight excluding hydrogens is 312 g/mol. The Labute approximate surface area is 149 Å². The molecule has 1 saturated heterocycles. The van der Waals surface area contributed by atoms with Crippen molar-refractivity contribution in [3.05, 3.63) is 59.7 Å². The van der Waals surface area contributed by atoms with Crippen molar-refractivity contribution in [3.8, 4) is 5.75 Å². The van der Waals surface area contributed by atoms with Crippen LogP contribution in [0, 0.1) is 12.8 Å². The summed E-state index contributed by atoms with van der Waals surface area (Å²) in [7, 11) is 1.64. The fourth-order valence-corrected chi connectivity index (χ4v) is 3.34. The van der Waals surface area contributed by atoms with Gasteiger partial charge in [0.25, 0.3) is 0 Å². The third-order valence-corrected chi connectivity index (χ3v) is 4.80. The van der Waals surface area contributed by atoms with Gasteiger partial charge in [0.15, 0.2) is 0 Å². The van der Waals surface area contributed by atoms with Crippen LogP contribution in [0.5, 0.6) is 5.75 Å². The Bertz CT molecular complexity index is 704. The van der Waals surface area contributed by atoms with E-state index >= 15 is 0 Å². The number of methoxy groups -OCH3 is 1. The van der Waals surface area contributed by atoms with Crippen molar-refractivity contribution in [2.45, 2.75) is 26.3 Å². The summed E-state index contributed by atoms with van der Waals surface area (Å²) >= 11 is 0. The second kappa shape index (κ2) is 8.17. The fourth-order valence-electron chi connectivity index (χ4n) is 3.34. The van der Waals surface area contributed by atoms with Crippen LogP contribution < -0.4 is 10.1 Å². The average Bonchev–Trinajstić information content (AvgIpc) is 2.63. The number of aryl methyl sites for hydroxylation is 1. The van der Waals surface area contributed by atoms with E-state index in [2.05, 4.69) is 41.4 Å². The third kappa shape index (κ3) is 4.83. The Morgan fingerprint density at radius 1 is 1.16 bits per heavy atom. The highest BCUT2D eigenvalue weighted by atomic mass is 16.5. The maximum atomic E-state index is 12.5. The quantitative estimate of drug-likeness (QED) is 0.900. The first kappa shape index (κ1) is 17.5. The number of rotatable bonds is 5. The smallest absolute Gasteiger partial charge is 0.227 e. The summed E-state index contributed by atoms with van der Waals surface area (Å²) in [5.41, 5.74) is 3.47. The second-order valence-electron chi connectivity index (χ2n) is 6.76. The number of hydrogen-bond acceptors (Lipinski definition) is 3. The van der Waals surface area contributed by atoms with E-state index < -0.39 is 0 Å². The molecule has 1 heterocycles. The molecule has 1 aliphatic rings. The summed E-state index contributed by atoms with van der Waals surface area (Å²) in [6, 6.07) is 16.1. The van der Waals surface area contributed by atoms with Crippen molar-refractivity contribution in [1.82, 2.24) is 4.90 Å². The Morgan fingerprint density at radius 3 is 2.52 bits per heavy atom. The van der Waals surface area contributed by atoms with E-state index in [0.29, 0.717) is 0 Å². The molecule has 1 amide bonds. The highest BCUT2D eigenvalue weighted by Gasteiger charge is 2.25. The number of ether oxygens (including phenoxy) is 1. The second-order valence-corrected chi connectivity index (χ2v) is 6.76. The summed E-state index contributed by atoms with van der Waals surface area (Å²) in [5.74, 6) is 1.01. The third-order valence-electron chi connectivity index (χ3n) is 4.80. The Morgan fingerprint density at radius 2 is 1.88 bits per heavy atom. The fraction of sp³-hybridized carbons (Fsp3) is 0.381. The maximum Gasteiger partial charge on any atom is 0.227 e. The maximum absolute atomic E-state index is 12.5. The number of hydrogen-bond donors (Lipinski definition) is 1. The van der Waals surface area contributed by atoms with E-state index in [1.165, 1.54) is 11.1 Å². The Balaban J connectivity index is 1.48. The van der Waals surface area contributed by atoms with Crippen molar-refractivity contribution in [2.75, 3.05) is 25.5 Å². The van der Waals surface area contributed by atoms with Crippen LogP contribution in [-0.2, 0) is 11.3 Å². The minimum absolute atomic E-state index is 0.0934. The van der Waals surface area contributed by atoms with E-state index in [1.54, 1.807) is 7.11 Å². The van der Waals surface area contributed by atoms with Crippen molar-refractivity contribution in [2.24, 2.45) is 5.92 Å². The molecule has 4 heteroatoms. The van der Waals surface area contributed by atoms with Gasteiger partial charge in [-0.2, -0.15) is 0 Å². The highest BCUT2D eigenvalue weighted by Crippen LogP contribution is 2.22. The van der Waals surface area contributed by atoms with Gasteiger partial charge in [-0.05, 0) is 62.7 Å². The monoisotopic (exact) mass is 338 g/mol. The zero-order chi connectivity index (χ0) is 17.6. The molecule has 25 heavy (non-hydrogen) atoms. The molecule has 1 N–H and O–H groups in total. The van der Waals surface area contributed by atoms with E-state index in [1.807, 2.05) is 24.3 Å². The lowest BCUT2D eigenvalue weighted by molar-refractivity contribution is -0.121. The van der Waals surface area contributed by atoms with E-state index in [9.17, 15) is 4.79 Å². The zero-order valence-corrected chi connectivity index (χ0v) is 15.0. The minimum atomic E-state index is 0.0934. The summed E-state index contributed by atoms with van der Waals surface area (Å²) in [4.78, 5) is 14.9. The SMILES string of the molecule is COc1ccc(NC(=O)C2CCN(Cc3cccc(C)c3)CC2)cc1. The lowest BCUT2D eigenvalue weighted by atomic mass is 9.95. The molecule has 3 rings (SSSR count). The van der Waals surface area contributed by atoms with E-state index in [-0.39, 0.29) is 11.8 Å². The number of likely N-dealkylation sites (tertiary alicyclic amines) is 1. The predicted molar refractivity (Wildman–Crippen MR) is 101 cm³/mol. The van der Waals surface area contributed by atoms with Crippen LogP contribution in [-0.4, -0.2) is 31.0 Å². The lowest BCUT2D eigenvalue weighted by Crippen LogP contribution is -2.37. The van der Waals surface area contributed by atoms with Crippen LogP contribution in [0.15, 0.2) is 48.5 Å². The number of piperidine rings is 1. The van der Waals surface area contributed by atoms with Crippen molar-refractivity contribution < 1.29 is 9.53 Å². The number of anilines is 1. The number of nitrogens with one attached hydrogen (secondary N) is 1. The van der Waals surface area contributed by atoms with Crippen LogP contribution in [0.25, 0.3) is 0 Å². The summed E-state index contributed by atoms with van der Waals surface area (Å²) in [5, 5.41) is 3.02. The molecule has 0 unspecified atom stereocenters. The zero-order valence-electron chi connectivity index (χ0n) is 15.0. The first-order valence-corrected chi connectivity index (χ1v) is 8.87. The molecule has 1 aliphatic heterocycles. The van der Waals surface area contributed by atoms with Gasteiger partial charge in [0.2, 0.25) is 5.91 Å². The van der Waals surface area contributed by atoms with Gasteiger partial charge in [0.1, 0.15) is 5.75 Å². The van der Waals surface area contributed by atoms with Crippen LogP contribution in [0.2, 0.25) is 0 Å². The minimum Gasteiger partial charge on any atom is -0.497 e. The lowest BCUT2D eigenvalue weighted by Gasteiger charge is -2.31. The summed E-state index contributed by atoms with van der Waals surface area (Å²) in [6.45, 7) is 5.02. The first-order valence-electron chi connectivity index (χ1n) is 8.87. The summed E-state index contributed by atoms with van der Waals surface area (Å²) in [6.07, 6.45) is 1.82. The standard InChI is InChI=1S/C21H26N2O2/c1-16-4-3-5-17(14-16)15-23-12-10-18(11-13-23)21(24)22-19-6-8-20(25-2)9-7-19/h3-9,14,18H,10-13,15H2,1-2H3,(H,22,24). The van der Waals surface area contributed by atoms with Gasteiger partial charge in [0, 0.05) is 18.2 Å². The normalized spacial score (nSPS) is 15.8. The van der Waals surface area contributed by atoms with Gasteiger partial charge >= 0.3 is 0 Å². The van der Waals surface area contributed by atoms with Crippen LogP contribution in [0.4, 0.5) is 5.69 Å². The Hall–Kier alpha value is -2.33. The molecule has 132 valence electrons. The van der Waals surface area contributed by atoms with Gasteiger partial charge in [-0.15, -0.1) is 0 Å². The van der Waals surface area contributed by atoms with Gasteiger partial charge in [0.05, 0.1) is 7.11 Å². The highest BCUT2D eigenvalue weighted by molar-refractivity contribution is 5.92. The molecule has 0 radical (unpaired) electrons. The molecule has 0 spiro atoms. The van der Waals surface area contributed by atoms with E-state index in [4.69, 9.17) is 4.74 Å². The topological polar surface area (TPSA) is 41.6 Å². The van der Waals surface area contributed by atoms with Crippen LogP contribution >= 0.6 is 0 Å². The number of carbonyl (C=O) groups is 1. The molecule has 4 nitrogen and oxygen atoms in total. The molecule has 0 atom stereocenters. The van der Waals surface area contributed by atoms with Crippen molar-refractivity contribution in [3.63, 3.8) is 0 Å². The molecular formula is C21H26N2O2. The van der Waals surface area contributed by atoms with E-state index in [0.717, 1.165) is 43.9 Å². The number of carbonyl (C=O) groups excluding carboxylic acids is 1. The molecule has 2 aromatic rings. The van der Waals surface area contributed by atoms with Gasteiger partial charge in [-0.1, -0.05) is 29.8 Å². The molecule has 0 aliphatic carbocycles. The van der Waals surface area contributed by atoms with Crippen LogP contribution in [0.1, 0.15) is 24.0 Å². The van der Waals surface area contributed by atoms with Gasteiger partial charge in [-0.3, -0.25) is 9.69 Å². The largest absolute Gasteiger partial charge is 0.497 e. The van der Waals surface area contributed by atoms with Gasteiger partial charge < -0.3 is 10.1 Å². The van der Waals surface area contributed by atoms with Crippen molar-refractivity contribution in [1.29, 1.82) is 0 Å². The van der Waals surface area contributed by atoms with Crippen molar-refractivity contribution >= 4 is 11.6 Å². The number of nitrogens with zero attached hydrogens (tertiary/aromatic N) is 1. The average molecular weight is 338 g/mol. The number of benzene rings is 2. The van der Waals surface area contributed by atoms with Crippen LogP contribution in [0.3, 0.4) is 0 Å². The van der Waals surface area contributed by atoms with Gasteiger partial charge in [-0.25, -0.2) is 0 Å².